The first kappa shape index (κ1) is 18.7. The van der Waals surface area contributed by atoms with Gasteiger partial charge < -0.3 is 9.47 Å². The molecule has 0 unspecified atom stereocenters. The Labute approximate surface area is 155 Å². The second-order valence-electron chi connectivity index (χ2n) is 8.15. The van der Waals surface area contributed by atoms with Crippen LogP contribution in [0.1, 0.15) is 32.8 Å². The molecule has 6 nitrogen and oxygen atoms in total. The van der Waals surface area contributed by atoms with Gasteiger partial charge in [0.1, 0.15) is 5.60 Å². The molecule has 2 saturated heterocycles. The van der Waals surface area contributed by atoms with Crippen molar-refractivity contribution in [2.24, 2.45) is 5.92 Å². The summed E-state index contributed by atoms with van der Waals surface area (Å²) in [5.41, 5.74) is 0.672. The van der Waals surface area contributed by atoms with Crippen LogP contribution in [0.15, 0.2) is 30.3 Å². The summed E-state index contributed by atoms with van der Waals surface area (Å²) >= 11 is 0. The summed E-state index contributed by atoms with van der Waals surface area (Å²) < 4.78 is 10.6. The summed E-state index contributed by atoms with van der Waals surface area (Å²) in [4.78, 5) is 29.1. The third kappa shape index (κ3) is 4.01. The maximum Gasteiger partial charge on any atom is 0.410 e. The van der Waals surface area contributed by atoms with E-state index in [9.17, 15) is 9.59 Å². The van der Waals surface area contributed by atoms with Crippen molar-refractivity contribution < 1.29 is 19.1 Å². The standard InChI is InChI=1S/C20H28N2O4/c1-20(2,3)26-19(24)22-15-10-16(18(23)25-4)17(22)13-21(12-15)11-14-8-6-5-7-9-14/h5-9,15-17H,10-13H2,1-4H3/t15-,16+,17-/m1/s1. The van der Waals surface area contributed by atoms with E-state index >= 15 is 0 Å². The van der Waals surface area contributed by atoms with Gasteiger partial charge in [-0.25, -0.2) is 4.79 Å². The first-order valence-corrected chi connectivity index (χ1v) is 9.14. The van der Waals surface area contributed by atoms with Crippen LogP contribution in [0, 0.1) is 5.92 Å². The summed E-state index contributed by atoms with van der Waals surface area (Å²) in [6.45, 7) is 7.76. The first-order valence-electron chi connectivity index (χ1n) is 9.14. The van der Waals surface area contributed by atoms with E-state index in [-0.39, 0.29) is 30.1 Å². The van der Waals surface area contributed by atoms with Crippen LogP contribution in [-0.2, 0) is 20.8 Å². The topological polar surface area (TPSA) is 59.1 Å². The van der Waals surface area contributed by atoms with Crippen molar-refractivity contribution in [3.8, 4) is 0 Å². The SMILES string of the molecule is COC(=O)[C@H]1C[C@@H]2CN(Cc3ccccc3)C[C@H]1N2C(=O)OC(C)(C)C. The lowest BCUT2D eigenvalue weighted by Gasteiger charge is -2.41. The Morgan fingerprint density at radius 3 is 2.46 bits per heavy atom. The largest absolute Gasteiger partial charge is 0.469 e. The van der Waals surface area contributed by atoms with Gasteiger partial charge in [0, 0.05) is 25.7 Å². The second kappa shape index (κ2) is 7.27. The quantitative estimate of drug-likeness (QED) is 0.776. The molecule has 6 heteroatoms. The molecule has 0 N–H and O–H groups in total. The fourth-order valence-electron chi connectivity index (χ4n) is 4.02. The van der Waals surface area contributed by atoms with Crippen LogP contribution in [0.4, 0.5) is 4.79 Å². The molecule has 0 aromatic heterocycles. The minimum absolute atomic E-state index is 0.0311. The molecule has 0 spiro atoms. The number of carbonyl (C=O) groups is 2. The molecule has 0 saturated carbocycles. The minimum atomic E-state index is -0.557. The Morgan fingerprint density at radius 1 is 1.15 bits per heavy atom. The zero-order valence-electron chi connectivity index (χ0n) is 16.0. The number of ether oxygens (including phenoxy) is 2. The third-order valence-corrected chi connectivity index (χ3v) is 5.01. The van der Waals surface area contributed by atoms with E-state index in [2.05, 4.69) is 17.0 Å². The van der Waals surface area contributed by atoms with E-state index in [1.54, 1.807) is 4.90 Å². The van der Waals surface area contributed by atoms with Crippen molar-refractivity contribution >= 4 is 12.1 Å². The molecule has 0 aliphatic carbocycles. The van der Waals surface area contributed by atoms with Crippen molar-refractivity contribution in [3.05, 3.63) is 35.9 Å². The van der Waals surface area contributed by atoms with Gasteiger partial charge in [-0.15, -0.1) is 0 Å². The molecule has 2 aliphatic rings. The van der Waals surface area contributed by atoms with Gasteiger partial charge in [0.05, 0.1) is 19.1 Å². The normalized spacial score (nSPS) is 25.8. The van der Waals surface area contributed by atoms with E-state index in [0.717, 1.165) is 13.1 Å². The molecule has 3 atom stereocenters. The zero-order chi connectivity index (χ0) is 18.9. The molecule has 1 aromatic carbocycles. The van der Waals surface area contributed by atoms with Crippen LogP contribution in [0.2, 0.25) is 0 Å². The lowest BCUT2D eigenvalue weighted by Crippen LogP contribution is -2.57. The highest BCUT2D eigenvalue weighted by Crippen LogP contribution is 2.37. The zero-order valence-corrected chi connectivity index (χ0v) is 16.0. The summed E-state index contributed by atoms with van der Waals surface area (Å²) in [6, 6.07) is 10.0. The van der Waals surface area contributed by atoms with Gasteiger partial charge in [-0.05, 0) is 32.8 Å². The minimum Gasteiger partial charge on any atom is -0.469 e. The van der Waals surface area contributed by atoms with Crippen LogP contribution < -0.4 is 0 Å². The molecule has 2 fully saturated rings. The molecule has 2 heterocycles. The smallest absolute Gasteiger partial charge is 0.410 e. The molecular weight excluding hydrogens is 332 g/mol. The number of piperazine rings is 1. The lowest BCUT2D eigenvalue weighted by molar-refractivity contribution is -0.146. The number of likely N-dealkylation sites (tertiary alicyclic amines) is 1. The van der Waals surface area contributed by atoms with Gasteiger partial charge in [0.25, 0.3) is 0 Å². The number of nitrogens with zero attached hydrogens (tertiary/aromatic N) is 2. The molecule has 3 rings (SSSR count). The summed E-state index contributed by atoms with van der Waals surface area (Å²) in [7, 11) is 1.41. The third-order valence-electron chi connectivity index (χ3n) is 5.01. The Bertz CT molecular complexity index is 656. The van der Waals surface area contributed by atoms with Gasteiger partial charge in [-0.1, -0.05) is 30.3 Å². The highest BCUT2D eigenvalue weighted by atomic mass is 16.6. The maximum atomic E-state index is 12.7. The van der Waals surface area contributed by atoms with Gasteiger partial charge in [-0.3, -0.25) is 14.6 Å². The Kier molecular flexibility index (Phi) is 5.23. The average molecular weight is 360 g/mol. The highest BCUT2D eigenvalue weighted by Gasteiger charge is 2.52. The van der Waals surface area contributed by atoms with E-state index in [4.69, 9.17) is 9.47 Å². The van der Waals surface area contributed by atoms with Gasteiger partial charge in [-0.2, -0.15) is 0 Å². The fourth-order valence-corrected chi connectivity index (χ4v) is 4.02. The van der Waals surface area contributed by atoms with Crippen molar-refractivity contribution in [1.82, 2.24) is 9.80 Å². The summed E-state index contributed by atoms with van der Waals surface area (Å²) in [5.74, 6) is -0.536. The molecule has 1 aromatic rings. The van der Waals surface area contributed by atoms with Crippen LogP contribution in [0.25, 0.3) is 0 Å². The van der Waals surface area contributed by atoms with Crippen molar-refractivity contribution in [2.75, 3.05) is 20.2 Å². The van der Waals surface area contributed by atoms with Gasteiger partial charge in [0.15, 0.2) is 0 Å². The van der Waals surface area contributed by atoms with Crippen LogP contribution >= 0.6 is 0 Å². The van der Waals surface area contributed by atoms with E-state index < -0.39 is 5.60 Å². The van der Waals surface area contributed by atoms with Crippen LogP contribution in [0.5, 0.6) is 0 Å². The second-order valence-corrected chi connectivity index (χ2v) is 8.15. The number of methoxy groups -OCH3 is 1. The predicted molar refractivity (Wildman–Crippen MR) is 97.5 cm³/mol. The Hall–Kier alpha value is -2.08. The first-order chi connectivity index (χ1) is 12.3. The molecule has 2 bridgehead atoms. The molecule has 26 heavy (non-hydrogen) atoms. The number of carbonyl (C=O) groups excluding carboxylic acids is 2. The summed E-state index contributed by atoms with van der Waals surface area (Å²) in [5, 5.41) is 0. The number of amides is 1. The van der Waals surface area contributed by atoms with Crippen molar-refractivity contribution in [2.45, 2.75) is 51.4 Å². The Balaban J connectivity index is 1.77. The van der Waals surface area contributed by atoms with Gasteiger partial charge in [0.2, 0.25) is 0 Å². The molecule has 142 valence electrons. The number of fused-ring (bicyclic) bond motifs is 2. The van der Waals surface area contributed by atoms with E-state index in [1.165, 1.54) is 12.7 Å². The summed E-state index contributed by atoms with van der Waals surface area (Å²) in [6.07, 6.45) is 0.292. The molecule has 0 radical (unpaired) electrons. The Morgan fingerprint density at radius 2 is 1.85 bits per heavy atom. The van der Waals surface area contributed by atoms with Crippen LogP contribution in [-0.4, -0.2) is 59.7 Å². The van der Waals surface area contributed by atoms with Crippen LogP contribution in [0.3, 0.4) is 0 Å². The number of esters is 1. The molecular formula is C20H28N2O4. The van der Waals surface area contributed by atoms with Crippen molar-refractivity contribution in [1.29, 1.82) is 0 Å². The van der Waals surface area contributed by atoms with Crippen molar-refractivity contribution in [3.63, 3.8) is 0 Å². The number of benzene rings is 1. The molecule has 2 aliphatic heterocycles. The molecule has 1 amide bonds. The van der Waals surface area contributed by atoms with Gasteiger partial charge >= 0.3 is 12.1 Å². The van der Waals surface area contributed by atoms with E-state index in [0.29, 0.717) is 13.0 Å². The maximum absolute atomic E-state index is 12.7. The highest BCUT2D eigenvalue weighted by molar-refractivity contribution is 5.77. The average Bonchev–Trinajstić information content (AvgIpc) is 2.81. The monoisotopic (exact) mass is 360 g/mol. The number of rotatable bonds is 3. The number of hydrogen-bond donors (Lipinski definition) is 0. The fraction of sp³-hybridized carbons (Fsp3) is 0.600. The number of hydrogen-bond acceptors (Lipinski definition) is 5. The lowest BCUT2D eigenvalue weighted by atomic mass is 10.0. The van der Waals surface area contributed by atoms with E-state index in [1.807, 2.05) is 39.0 Å². The predicted octanol–water partition coefficient (Wildman–Crippen LogP) is 2.67.